The first kappa shape index (κ1) is 15.6. The van der Waals surface area contributed by atoms with Crippen LogP contribution >= 0.6 is 0 Å². The summed E-state index contributed by atoms with van der Waals surface area (Å²) in [6, 6.07) is 4.83. The quantitative estimate of drug-likeness (QED) is 0.645. The molecule has 0 heterocycles. The van der Waals surface area contributed by atoms with Crippen LogP contribution in [-0.2, 0) is 0 Å². The Bertz CT molecular complexity index is 534. The van der Waals surface area contributed by atoms with E-state index >= 15 is 0 Å². The number of ether oxygens (including phenoxy) is 2. The Balaban J connectivity index is 2.23. The predicted octanol–water partition coefficient (Wildman–Crippen LogP) is 2.76. The molecule has 116 valence electrons. The summed E-state index contributed by atoms with van der Waals surface area (Å²) < 4.78 is 11.3. The van der Waals surface area contributed by atoms with E-state index in [4.69, 9.17) is 9.47 Å². The molecule has 1 aliphatic carbocycles. The van der Waals surface area contributed by atoms with Crippen LogP contribution in [0.2, 0.25) is 0 Å². The smallest absolute Gasteiger partial charge is 0.273 e. The maximum absolute atomic E-state index is 10.9. The molecule has 1 N–H and O–H groups in total. The lowest BCUT2D eigenvalue weighted by Crippen LogP contribution is -2.62. The van der Waals surface area contributed by atoms with E-state index in [-0.39, 0.29) is 17.2 Å². The molecule has 0 bridgehead atoms. The monoisotopic (exact) mass is 294 g/mol. The van der Waals surface area contributed by atoms with Crippen molar-refractivity contribution in [1.82, 2.24) is 5.32 Å². The summed E-state index contributed by atoms with van der Waals surface area (Å²) in [7, 11) is 3.48. The van der Waals surface area contributed by atoms with Crippen molar-refractivity contribution in [3.63, 3.8) is 0 Å². The lowest BCUT2D eigenvalue weighted by Gasteiger charge is -2.53. The van der Waals surface area contributed by atoms with Crippen molar-refractivity contribution in [2.45, 2.75) is 38.8 Å². The van der Waals surface area contributed by atoms with E-state index in [1.165, 1.54) is 19.2 Å². The van der Waals surface area contributed by atoms with Crippen molar-refractivity contribution in [2.75, 3.05) is 14.2 Å². The largest absolute Gasteiger partial charge is 0.493 e. The molecule has 6 nitrogen and oxygen atoms in total. The van der Waals surface area contributed by atoms with Gasteiger partial charge >= 0.3 is 0 Å². The number of nitrogens with one attached hydrogen (secondary N) is 1. The molecule has 0 spiro atoms. The van der Waals surface area contributed by atoms with Crippen LogP contribution in [0, 0.1) is 15.5 Å². The molecular weight excluding hydrogens is 272 g/mol. The van der Waals surface area contributed by atoms with Gasteiger partial charge in [-0.05, 0) is 19.5 Å². The number of hydrogen-bond donors (Lipinski definition) is 1. The van der Waals surface area contributed by atoms with E-state index in [1.807, 2.05) is 7.05 Å². The van der Waals surface area contributed by atoms with E-state index in [2.05, 4.69) is 19.2 Å². The predicted molar refractivity (Wildman–Crippen MR) is 79.9 cm³/mol. The van der Waals surface area contributed by atoms with Gasteiger partial charge in [0.1, 0.15) is 6.10 Å². The first-order chi connectivity index (χ1) is 9.96. The van der Waals surface area contributed by atoms with Crippen LogP contribution in [0.4, 0.5) is 5.69 Å². The topological polar surface area (TPSA) is 73.6 Å². The van der Waals surface area contributed by atoms with E-state index in [0.29, 0.717) is 17.5 Å². The molecular formula is C15H22N2O4. The van der Waals surface area contributed by atoms with E-state index in [9.17, 15) is 10.1 Å². The van der Waals surface area contributed by atoms with Crippen LogP contribution in [0.25, 0.3) is 0 Å². The molecule has 0 saturated heterocycles. The van der Waals surface area contributed by atoms with Crippen molar-refractivity contribution < 1.29 is 14.4 Å². The minimum atomic E-state index is -0.428. The van der Waals surface area contributed by atoms with Gasteiger partial charge in [-0.2, -0.15) is 0 Å². The molecule has 0 aliphatic heterocycles. The van der Waals surface area contributed by atoms with Gasteiger partial charge < -0.3 is 14.8 Å². The normalized spacial score (nSPS) is 27.8. The van der Waals surface area contributed by atoms with Crippen LogP contribution < -0.4 is 14.8 Å². The maximum Gasteiger partial charge on any atom is 0.273 e. The summed E-state index contributed by atoms with van der Waals surface area (Å²) in [5.41, 5.74) is 0.0261. The number of methoxy groups -OCH3 is 1. The first-order valence-corrected chi connectivity index (χ1v) is 7.12. The van der Waals surface area contributed by atoms with Crippen molar-refractivity contribution in [3.05, 3.63) is 28.3 Å². The SMILES string of the molecule is CCC1(C)C(NC)CC1Oc1cc([N+](=O)[O-])ccc1OC. The molecule has 0 amide bonds. The summed E-state index contributed by atoms with van der Waals surface area (Å²) >= 11 is 0. The fourth-order valence-corrected chi connectivity index (χ4v) is 2.95. The highest BCUT2D eigenvalue weighted by atomic mass is 16.6. The van der Waals surface area contributed by atoms with Gasteiger partial charge in [-0.3, -0.25) is 10.1 Å². The zero-order chi connectivity index (χ0) is 15.6. The Kier molecular flexibility index (Phi) is 4.37. The molecule has 21 heavy (non-hydrogen) atoms. The molecule has 2 rings (SSSR count). The fraction of sp³-hybridized carbons (Fsp3) is 0.600. The average molecular weight is 294 g/mol. The lowest BCUT2D eigenvalue weighted by atomic mass is 9.61. The van der Waals surface area contributed by atoms with Gasteiger partial charge in [0, 0.05) is 23.9 Å². The molecule has 1 fully saturated rings. The number of non-ortho nitro benzene ring substituents is 1. The molecule has 3 unspecified atom stereocenters. The Labute approximate surface area is 124 Å². The van der Waals surface area contributed by atoms with E-state index in [0.717, 1.165) is 12.8 Å². The number of hydrogen-bond acceptors (Lipinski definition) is 5. The maximum atomic E-state index is 10.9. The van der Waals surface area contributed by atoms with Crippen LogP contribution in [0.15, 0.2) is 18.2 Å². The third-order valence-corrected chi connectivity index (χ3v) is 4.72. The summed E-state index contributed by atoms with van der Waals surface area (Å²) in [6.45, 7) is 4.30. The second-order valence-corrected chi connectivity index (χ2v) is 5.64. The average Bonchev–Trinajstić information content (AvgIpc) is 2.49. The highest BCUT2D eigenvalue weighted by Gasteiger charge is 2.51. The standard InChI is InChI=1S/C15H22N2O4/c1-5-15(2)13(16-3)9-14(15)21-12-8-10(17(18)19)6-7-11(12)20-4/h6-8,13-14,16H,5,9H2,1-4H3. The minimum absolute atomic E-state index is 0.00786. The molecule has 3 atom stereocenters. The Morgan fingerprint density at radius 1 is 1.48 bits per heavy atom. The van der Waals surface area contributed by atoms with Crippen molar-refractivity contribution in [1.29, 1.82) is 0 Å². The van der Waals surface area contributed by atoms with Gasteiger partial charge in [-0.1, -0.05) is 13.8 Å². The Hall–Kier alpha value is -1.82. The van der Waals surface area contributed by atoms with Gasteiger partial charge in [-0.15, -0.1) is 0 Å². The number of nitrogens with zero attached hydrogens (tertiary/aromatic N) is 1. The van der Waals surface area contributed by atoms with Crippen LogP contribution in [0.1, 0.15) is 26.7 Å². The lowest BCUT2D eigenvalue weighted by molar-refractivity contribution is -0.385. The van der Waals surface area contributed by atoms with Crippen LogP contribution in [-0.4, -0.2) is 31.2 Å². The van der Waals surface area contributed by atoms with Crippen LogP contribution in [0.5, 0.6) is 11.5 Å². The van der Waals surface area contributed by atoms with E-state index in [1.54, 1.807) is 6.07 Å². The summed E-state index contributed by atoms with van der Waals surface area (Å²) in [4.78, 5) is 10.5. The Morgan fingerprint density at radius 2 is 2.19 bits per heavy atom. The third kappa shape index (κ3) is 2.68. The van der Waals surface area contributed by atoms with Gasteiger partial charge in [0.15, 0.2) is 11.5 Å². The fourth-order valence-electron chi connectivity index (χ4n) is 2.95. The van der Waals surface area contributed by atoms with Crippen molar-refractivity contribution >= 4 is 5.69 Å². The molecule has 1 aliphatic rings. The highest BCUT2D eigenvalue weighted by molar-refractivity contribution is 5.48. The van der Waals surface area contributed by atoms with Crippen LogP contribution in [0.3, 0.4) is 0 Å². The molecule has 1 aromatic carbocycles. The molecule has 0 aromatic heterocycles. The third-order valence-electron chi connectivity index (χ3n) is 4.72. The second-order valence-electron chi connectivity index (χ2n) is 5.64. The van der Waals surface area contributed by atoms with Gasteiger partial charge in [-0.25, -0.2) is 0 Å². The van der Waals surface area contributed by atoms with Gasteiger partial charge in [0.05, 0.1) is 18.1 Å². The second kappa shape index (κ2) is 5.89. The van der Waals surface area contributed by atoms with Gasteiger partial charge in [0.25, 0.3) is 5.69 Å². The summed E-state index contributed by atoms with van der Waals surface area (Å²) in [5.74, 6) is 0.956. The molecule has 0 radical (unpaired) electrons. The zero-order valence-electron chi connectivity index (χ0n) is 12.9. The Morgan fingerprint density at radius 3 is 2.71 bits per heavy atom. The zero-order valence-corrected chi connectivity index (χ0v) is 12.9. The van der Waals surface area contributed by atoms with Crippen molar-refractivity contribution in [2.24, 2.45) is 5.41 Å². The van der Waals surface area contributed by atoms with E-state index < -0.39 is 4.92 Å². The summed E-state index contributed by atoms with van der Waals surface area (Å²) in [5, 5.41) is 14.2. The molecule has 1 saturated carbocycles. The number of rotatable bonds is 6. The highest BCUT2D eigenvalue weighted by Crippen LogP contribution is 2.47. The minimum Gasteiger partial charge on any atom is -0.493 e. The summed E-state index contributed by atoms with van der Waals surface area (Å²) in [6.07, 6.45) is 1.88. The number of nitro benzene ring substituents is 1. The molecule has 6 heteroatoms. The van der Waals surface area contributed by atoms with Crippen molar-refractivity contribution in [3.8, 4) is 11.5 Å². The number of benzene rings is 1. The van der Waals surface area contributed by atoms with Gasteiger partial charge in [0.2, 0.25) is 0 Å². The number of nitro groups is 1. The first-order valence-electron chi connectivity index (χ1n) is 7.12. The molecule has 1 aromatic rings.